The largest absolute Gasteiger partial charge is 0.344 e. The summed E-state index contributed by atoms with van der Waals surface area (Å²) in [6, 6.07) is 11.9. The van der Waals surface area contributed by atoms with Crippen molar-refractivity contribution < 1.29 is 4.79 Å². The number of hydrogen-bond acceptors (Lipinski definition) is 4. The molecule has 0 saturated heterocycles. The molecule has 1 aliphatic carbocycles. The Labute approximate surface area is 152 Å². The van der Waals surface area contributed by atoms with Gasteiger partial charge in [-0.25, -0.2) is 9.97 Å². The molecule has 2 heterocycles. The SMILES string of the molecule is Cc1nccc(C(=O)N[C@H]2CCCc3c2cnn3Cc2ccccc2)n1. The first-order valence-corrected chi connectivity index (χ1v) is 8.90. The van der Waals surface area contributed by atoms with E-state index in [1.807, 2.05) is 24.4 Å². The number of hydrogen-bond donors (Lipinski definition) is 1. The molecule has 6 nitrogen and oxygen atoms in total. The average molecular weight is 347 g/mol. The van der Waals surface area contributed by atoms with Gasteiger partial charge in [0.2, 0.25) is 0 Å². The monoisotopic (exact) mass is 347 g/mol. The number of fused-ring (bicyclic) bond motifs is 1. The summed E-state index contributed by atoms with van der Waals surface area (Å²) in [7, 11) is 0. The van der Waals surface area contributed by atoms with Gasteiger partial charge in [0.1, 0.15) is 11.5 Å². The van der Waals surface area contributed by atoms with Gasteiger partial charge in [0.25, 0.3) is 5.91 Å². The zero-order valence-corrected chi connectivity index (χ0v) is 14.7. The van der Waals surface area contributed by atoms with Crippen LogP contribution in [0.4, 0.5) is 0 Å². The average Bonchev–Trinajstić information content (AvgIpc) is 3.06. The lowest BCUT2D eigenvalue weighted by atomic mass is 9.92. The quantitative estimate of drug-likeness (QED) is 0.788. The molecule has 4 rings (SSSR count). The summed E-state index contributed by atoms with van der Waals surface area (Å²) in [6.07, 6.45) is 6.44. The maximum absolute atomic E-state index is 12.5. The lowest BCUT2D eigenvalue weighted by Crippen LogP contribution is -2.31. The van der Waals surface area contributed by atoms with Crippen LogP contribution in [0.25, 0.3) is 0 Å². The molecule has 0 fully saturated rings. The molecule has 6 heteroatoms. The molecule has 1 aliphatic rings. The van der Waals surface area contributed by atoms with E-state index in [1.165, 1.54) is 11.3 Å². The molecule has 1 amide bonds. The molecule has 0 unspecified atom stereocenters. The number of amides is 1. The van der Waals surface area contributed by atoms with Crippen molar-refractivity contribution >= 4 is 5.91 Å². The van der Waals surface area contributed by atoms with E-state index in [9.17, 15) is 4.79 Å². The van der Waals surface area contributed by atoms with Crippen molar-refractivity contribution in [3.63, 3.8) is 0 Å². The second-order valence-corrected chi connectivity index (χ2v) is 6.60. The third kappa shape index (κ3) is 3.35. The van der Waals surface area contributed by atoms with Gasteiger partial charge in [0.15, 0.2) is 0 Å². The minimum absolute atomic E-state index is 0.0222. The van der Waals surface area contributed by atoms with Crippen LogP contribution >= 0.6 is 0 Å². The van der Waals surface area contributed by atoms with E-state index < -0.39 is 0 Å². The van der Waals surface area contributed by atoms with Crippen LogP contribution in [0.3, 0.4) is 0 Å². The second kappa shape index (κ2) is 7.07. The highest BCUT2D eigenvalue weighted by atomic mass is 16.1. The van der Waals surface area contributed by atoms with Crippen molar-refractivity contribution in [1.82, 2.24) is 25.1 Å². The van der Waals surface area contributed by atoms with Gasteiger partial charge in [-0.2, -0.15) is 5.10 Å². The standard InChI is InChI=1S/C20H21N5O/c1-14-21-11-10-18(23-14)20(26)24-17-8-5-9-19-16(17)12-22-25(19)13-15-6-3-2-4-7-15/h2-4,6-7,10-12,17H,5,8-9,13H2,1H3,(H,24,26)/t17-/m0/s1. The Bertz CT molecular complexity index is 919. The molecular formula is C20H21N5O. The fourth-order valence-electron chi connectivity index (χ4n) is 3.48. The summed E-state index contributed by atoms with van der Waals surface area (Å²) in [4.78, 5) is 20.8. The Balaban J connectivity index is 1.53. The van der Waals surface area contributed by atoms with Crippen molar-refractivity contribution in [3.05, 3.63) is 77.1 Å². The lowest BCUT2D eigenvalue weighted by Gasteiger charge is -2.24. The Morgan fingerprint density at radius 3 is 2.92 bits per heavy atom. The molecule has 1 atom stereocenters. The molecule has 3 aromatic rings. The number of aryl methyl sites for hydroxylation is 1. The van der Waals surface area contributed by atoms with Gasteiger partial charge in [-0.05, 0) is 37.8 Å². The Hall–Kier alpha value is -3.02. The third-order valence-corrected chi connectivity index (χ3v) is 4.75. The van der Waals surface area contributed by atoms with E-state index in [0.717, 1.165) is 31.4 Å². The van der Waals surface area contributed by atoms with Gasteiger partial charge in [0.05, 0.1) is 18.8 Å². The summed E-state index contributed by atoms with van der Waals surface area (Å²) < 4.78 is 2.05. The summed E-state index contributed by atoms with van der Waals surface area (Å²) in [6.45, 7) is 2.53. The summed E-state index contributed by atoms with van der Waals surface area (Å²) >= 11 is 0. The molecule has 2 aromatic heterocycles. The number of rotatable bonds is 4. The van der Waals surface area contributed by atoms with Crippen molar-refractivity contribution in [3.8, 4) is 0 Å². The van der Waals surface area contributed by atoms with Crippen molar-refractivity contribution in [2.45, 2.75) is 38.8 Å². The predicted molar refractivity (Wildman–Crippen MR) is 97.7 cm³/mol. The number of carbonyl (C=O) groups is 1. The zero-order chi connectivity index (χ0) is 17.9. The second-order valence-electron chi connectivity index (χ2n) is 6.60. The van der Waals surface area contributed by atoms with Crippen molar-refractivity contribution in [2.75, 3.05) is 0 Å². The van der Waals surface area contributed by atoms with Gasteiger partial charge < -0.3 is 5.32 Å². The van der Waals surface area contributed by atoms with Crippen LogP contribution in [-0.2, 0) is 13.0 Å². The van der Waals surface area contributed by atoms with E-state index in [4.69, 9.17) is 0 Å². The Morgan fingerprint density at radius 1 is 1.27 bits per heavy atom. The maximum atomic E-state index is 12.5. The van der Waals surface area contributed by atoms with Crippen LogP contribution in [0.1, 0.15) is 52.0 Å². The van der Waals surface area contributed by atoms with Gasteiger partial charge in [-0.15, -0.1) is 0 Å². The first-order valence-electron chi connectivity index (χ1n) is 8.90. The number of nitrogens with zero attached hydrogens (tertiary/aromatic N) is 4. The molecule has 0 saturated carbocycles. The fraction of sp³-hybridized carbons (Fsp3) is 0.300. The van der Waals surface area contributed by atoms with Crippen LogP contribution < -0.4 is 5.32 Å². The van der Waals surface area contributed by atoms with E-state index >= 15 is 0 Å². The molecule has 132 valence electrons. The minimum atomic E-state index is -0.163. The zero-order valence-electron chi connectivity index (χ0n) is 14.7. The van der Waals surface area contributed by atoms with E-state index in [2.05, 4.69) is 37.2 Å². The summed E-state index contributed by atoms with van der Waals surface area (Å²) in [5.74, 6) is 0.432. The van der Waals surface area contributed by atoms with Crippen molar-refractivity contribution in [1.29, 1.82) is 0 Å². The number of carbonyl (C=O) groups excluding carboxylic acids is 1. The number of aromatic nitrogens is 4. The van der Waals surface area contributed by atoms with Crippen LogP contribution in [0.15, 0.2) is 48.8 Å². The first-order chi connectivity index (χ1) is 12.7. The summed E-state index contributed by atoms with van der Waals surface area (Å²) in [5, 5.41) is 7.69. The fourth-order valence-corrected chi connectivity index (χ4v) is 3.48. The molecule has 1 aromatic carbocycles. The molecule has 26 heavy (non-hydrogen) atoms. The maximum Gasteiger partial charge on any atom is 0.270 e. The summed E-state index contributed by atoms with van der Waals surface area (Å²) in [5.41, 5.74) is 3.96. The molecule has 0 radical (unpaired) electrons. The minimum Gasteiger partial charge on any atom is -0.344 e. The molecule has 1 N–H and O–H groups in total. The smallest absolute Gasteiger partial charge is 0.270 e. The highest BCUT2D eigenvalue weighted by molar-refractivity contribution is 5.92. The van der Waals surface area contributed by atoms with E-state index in [1.54, 1.807) is 19.2 Å². The van der Waals surface area contributed by atoms with Crippen LogP contribution in [0, 0.1) is 6.92 Å². The van der Waals surface area contributed by atoms with E-state index in [-0.39, 0.29) is 11.9 Å². The van der Waals surface area contributed by atoms with E-state index in [0.29, 0.717) is 11.5 Å². The normalized spacial score (nSPS) is 16.1. The van der Waals surface area contributed by atoms with Crippen LogP contribution in [0.2, 0.25) is 0 Å². The molecule has 0 aliphatic heterocycles. The topological polar surface area (TPSA) is 72.7 Å². The highest BCUT2D eigenvalue weighted by Gasteiger charge is 2.26. The lowest BCUT2D eigenvalue weighted by molar-refractivity contribution is 0.0927. The predicted octanol–water partition coefficient (Wildman–Crippen LogP) is 2.84. The van der Waals surface area contributed by atoms with Crippen LogP contribution in [0.5, 0.6) is 0 Å². The Kier molecular flexibility index (Phi) is 4.48. The van der Waals surface area contributed by atoms with Crippen molar-refractivity contribution in [2.24, 2.45) is 0 Å². The molecular weight excluding hydrogens is 326 g/mol. The molecule has 0 spiro atoms. The highest BCUT2D eigenvalue weighted by Crippen LogP contribution is 2.30. The van der Waals surface area contributed by atoms with Gasteiger partial charge in [-0.3, -0.25) is 9.48 Å². The van der Waals surface area contributed by atoms with Gasteiger partial charge in [0, 0.05) is 17.5 Å². The van der Waals surface area contributed by atoms with Crippen LogP contribution in [-0.4, -0.2) is 25.7 Å². The Morgan fingerprint density at radius 2 is 2.12 bits per heavy atom. The number of benzene rings is 1. The van der Waals surface area contributed by atoms with Gasteiger partial charge >= 0.3 is 0 Å². The first kappa shape index (κ1) is 16.4. The number of nitrogens with one attached hydrogen (secondary N) is 1. The molecule has 0 bridgehead atoms. The third-order valence-electron chi connectivity index (χ3n) is 4.75. The van der Waals surface area contributed by atoms with Gasteiger partial charge in [-0.1, -0.05) is 30.3 Å².